The topological polar surface area (TPSA) is 59.6 Å². The second kappa shape index (κ2) is 7.14. The SMILES string of the molecule is CNCCc1cc(OC)ccc1NC(=O)OC(C)(C)C. The Morgan fingerprint density at radius 2 is 2.00 bits per heavy atom. The van der Waals surface area contributed by atoms with E-state index in [9.17, 15) is 4.79 Å². The van der Waals surface area contributed by atoms with Gasteiger partial charge in [-0.1, -0.05) is 0 Å². The summed E-state index contributed by atoms with van der Waals surface area (Å²) in [4.78, 5) is 11.8. The van der Waals surface area contributed by atoms with Crippen molar-refractivity contribution in [1.82, 2.24) is 5.32 Å². The van der Waals surface area contributed by atoms with Crippen molar-refractivity contribution in [1.29, 1.82) is 0 Å². The molecule has 0 aromatic heterocycles. The number of anilines is 1. The maximum atomic E-state index is 11.8. The Kier molecular flexibility index (Phi) is 5.82. The van der Waals surface area contributed by atoms with Crippen molar-refractivity contribution in [2.45, 2.75) is 32.8 Å². The normalized spacial score (nSPS) is 11.1. The molecule has 0 bridgehead atoms. The van der Waals surface area contributed by atoms with E-state index >= 15 is 0 Å². The molecule has 0 heterocycles. The van der Waals surface area contributed by atoms with Crippen molar-refractivity contribution >= 4 is 11.8 Å². The molecule has 0 aliphatic carbocycles. The van der Waals surface area contributed by atoms with Crippen LogP contribution in [-0.2, 0) is 11.2 Å². The van der Waals surface area contributed by atoms with Gasteiger partial charge in [0.05, 0.1) is 7.11 Å². The van der Waals surface area contributed by atoms with E-state index in [1.165, 1.54) is 0 Å². The number of amides is 1. The van der Waals surface area contributed by atoms with Crippen LogP contribution in [0.1, 0.15) is 26.3 Å². The number of likely N-dealkylation sites (N-methyl/N-ethyl adjacent to an activating group) is 1. The fraction of sp³-hybridized carbons (Fsp3) is 0.533. The van der Waals surface area contributed by atoms with Gasteiger partial charge in [0.1, 0.15) is 11.4 Å². The van der Waals surface area contributed by atoms with Crippen LogP contribution in [0.25, 0.3) is 0 Å². The number of hydrogen-bond acceptors (Lipinski definition) is 4. The molecule has 2 N–H and O–H groups in total. The summed E-state index contributed by atoms with van der Waals surface area (Å²) in [6.07, 6.45) is 0.340. The molecule has 0 radical (unpaired) electrons. The number of hydrogen-bond donors (Lipinski definition) is 2. The van der Waals surface area contributed by atoms with Crippen LogP contribution in [0.3, 0.4) is 0 Å². The molecule has 1 aromatic carbocycles. The number of methoxy groups -OCH3 is 1. The lowest BCUT2D eigenvalue weighted by molar-refractivity contribution is 0.0636. The van der Waals surface area contributed by atoms with Crippen LogP contribution in [0.15, 0.2) is 18.2 Å². The first kappa shape index (κ1) is 16.3. The predicted molar refractivity (Wildman–Crippen MR) is 80.5 cm³/mol. The first-order chi connectivity index (χ1) is 9.35. The van der Waals surface area contributed by atoms with E-state index in [4.69, 9.17) is 9.47 Å². The molecule has 20 heavy (non-hydrogen) atoms. The Morgan fingerprint density at radius 3 is 2.55 bits per heavy atom. The molecule has 5 nitrogen and oxygen atoms in total. The number of ether oxygens (including phenoxy) is 2. The van der Waals surface area contributed by atoms with E-state index in [-0.39, 0.29) is 0 Å². The molecule has 0 saturated carbocycles. The quantitative estimate of drug-likeness (QED) is 0.870. The summed E-state index contributed by atoms with van der Waals surface area (Å²) in [6, 6.07) is 5.56. The van der Waals surface area contributed by atoms with Gasteiger partial charge >= 0.3 is 6.09 Å². The van der Waals surface area contributed by atoms with Crippen LogP contribution < -0.4 is 15.4 Å². The zero-order valence-electron chi connectivity index (χ0n) is 12.9. The van der Waals surface area contributed by atoms with Crippen LogP contribution in [0.2, 0.25) is 0 Å². The lowest BCUT2D eigenvalue weighted by Gasteiger charge is -2.20. The number of nitrogens with one attached hydrogen (secondary N) is 2. The molecule has 0 fully saturated rings. The first-order valence-corrected chi connectivity index (χ1v) is 6.67. The van der Waals surface area contributed by atoms with Gasteiger partial charge < -0.3 is 14.8 Å². The van der Waals surface area contributed by atoms with Crippen molar-refractivity contribution in [2.75, 3.05) is 26.0 Å². The molecule has 0 aliphatic rings. The van der Waals surface area contributed by atoms with Crippen LogP contribution in [0, 0.1) is 0 Å². The maximum absolute atomic E-state index is 11.8. The van der Waals surface area contributed by atoms with Gasteiger partial charge in [0.25, 0.3) is 0 Å². The Bertz CT molecular complexity index is 453. The second-order valence-corrected chi connectivity index (χ2v) is 5.50. The highest BCUT2D eigenvalue weighted by molar-refractivity contribution is 5.86. The third-order valence-corrected chi connectivity index (χ3v) is 2.59. The number of rotatable bonds is 5. The lowest BCUT2D eigenvalue weighted by atomic mass is 10.1. The van der Waals surface area contributed by atoms with Crippen LogP contribution in [-0.4, -0.2) is 32.4 Å². The summed E-state index contributed by atoms with van der Waals surface area (Å²) in [7, 11) is 3.51. The second-order valence-electron chi connectivity index (χ2n) is 5.50. The molecule has 0 unspecified atom stereocenters. The average molecular weight is 280 g/mol. The average Bonchev–Trinajstić information content (AvgIpc) is 2.35. The summed E-state index contributed by atoms with van der Waals surface area (Å²) in [5.74, 6) is 0.769. The highest BCUT2D eigenvalue weighted by Crippen LogP contribution is 2.23. The number of carbonyl (C=O) groups is 1. The Labute approximate surface area is 120 Å². The molecule has 0 aliphatic heterocycles. The van der Waals surface area contributed by atoms with Crippen molar-refractivity contribution < 1.29 is 14.3 Å². The summed E-state index contributed by atoms with van der Waals surface area (Å²) in [5.41, 5.74) is 1.24. The minimum atomic E-state index is -0.512. The minimum Gasteiger partial charge on any atom is -0.497 e. The molecule has 1 aromatic rings. The first-order valence-electron chi connectivity index (χ1n) is 6.67. The summed E-state index contributed by atoms with van der Waals surface area (Å²) >= 11 is 0. The Balaban J connectivity index is 2.84. The molecular formula is C15H24N2O3. The summed E-state index contributed by atoms with van der Waals surface area (Å²) in [6.45, 7) is 6.32. The van der Waals surface area contributed by atoms with Gasteiger partial charge in [-0.2, -0.15) is 0 Å². The van der Waals surface area contributed by atoms with Gasteiger partial charge in [-0.25, -0.2) is 4.79 Å². The van der Waals surface area contributed by atoms with E-state index in [0.717, 1.165) is 30.0 Å². The monoisotopic (exact) mass is 280 g/mol. The van der Waals surface area contributed by atoms with Gasteiger partial charge in [0, 0.05) is 5.69 Å². The fourth-order valence-electron chi connectivity index (χ4n) is 1.70. The fourth-order valence-corrected chi connectivity index (χ4v) is 1.70. The van der Waals surface area contributed by atoms with Gasteiger partial charge in [0.2, 0.25) is 0 Å². The highest BCUT2D eigenvalue weighted by Gasteiger charge is 2.17. The van der Waals surface area contributed by atoms with Gasteiger partial charge in [-0.05, 0) is 64.5 Å². The Morgan fingerprint density at radius 1 is 1.30 bits per heavy atom. The zero-order chi connectivity index (χ0) is 15.2. The summed E-state index contributed by atoms with van der Waals surface area (Å²) < 4.78 is 10.5. The molecule has 0 saturated heterocycles. The minimum absolute atomic E-state index is 0.451. The van der Waals surface area contributed by atoms with E-state index in [2.05, 4.69) is 10.6 Å². The van der Waals surface area contributed by atoms with Crippen LogP contribution in [0.4, 0.5) is 10.5 Å². The molecule has 0 atom stereocenters. The van der Waals surface area contributed by atoms with Crippen LogP contribution >= 0.6 is 0 Å². The zero-order valence-corrected chi connectivity index (χ0v) is 12.9. The highest BCUT2D eigenvalue weighted by atomic mass is 16.6. The molecule has 1 amide bonds. The van der Waals surface area contributed by atoms with Crippen molar-refractivity contribution in [2.24, 2.45) is 0 Å². The van der Waals surface area contributed by atoms with Gasteiger partial charge in [-0.3, -0.25) is 5.32 Å². The number of carbonyl (C=O) groups excluding carboxylic acids is 1. The third kappa shape index (κ3) is 5.48. The van der Waals surface area contributed by atoms with Crippen molar-refractivity contribution in [3.8, 4) is 5.75 Å². The number of benzene rings is 1. The third-order valence-electron chi connectivity index (χ3n) is 2.59. The van der Waals surface area contributed by atoms with E-state index in [1.54, 1.807) is 7.11 Å². The van der Waals surface area contributed by atoms with Crippen molar-refractivity contribution in [3.63, 3.8) is 0 Å². The van der Waals surface area contributed by atoms with E-state index < -0.39 is 11.7 Å². The molecule has 1 rings (SSSR count). The van der Waals surface area contributed by atoms with Crippen molar-refractivity contribution in [3.05, 3.63) is 23.8 Å². The molecule has 0 spiro atoms. The summed E-state index contributed by atoms with van der Waals surface area (Å²) in [5, 5.41) is 5.87. The van der Waals surface area contributed by atoms with E-state index in [1.807, 2.05) is 46.0 Å². The standard InChI is InChI=1S/C15H24N2O3/c1-15(2,3)20-14(18)17-13-7-6-12(19-5)10-11(13)8-9-16-4/h6-7,10,16H,8-9H2,1-5H3,(H,17,18). The molecule has 5 heteroatoms. The van der Waals surface area contributed by atoms with E-state index in [0.29, 0.717) is 0 Å². The maximum Gasteiger partial charge on any atom is 0.412 e. The van der Waals surface area contributed by atoms with Crippen LogP contribution in [0.5, 0.6) is 5.75 Å². The molecular weight excluding hydrogens is 256 g/mol. The van der Waals surface area contributed by atoms with Gasteiger partial charge in [-0.15, -0.1) is 0 Å². The van der Waals surface area contributed by atoms with Gasteiger partial charge in [0.15, 0.2) is 0 Å². The predicted octanol–water partition coefficient (Wildman–Crippen LogP) is 2.80. The largest absolute Gasteiger partial charge is 0.497 e. The molecule has 112 valence electrons. The smallest absolute Gasteiger partial charge is 0.412 e. The lowest BCUT2D eigenvalue weighted by Crippen LogP contribution is -2.27. The Hall–Kier alpha value is -1.75.